The van der Waals surface area contributed by atoms with Crippen LogP contribution < -0.4 is 5.43 Å². The van der Waals surface area contributed by atoms with Gasteiger partial charge in [0.25, 0.3) is 0 Å². The van der Waals surface area contributed by atoms with Crippen LogP contribution >= 0.6 is 11.6 Å². The topological polar surface area (TPSA) is 52.0 Å². The zero-order valence-corrected chi connectivity index (χ0v) is 9.67. The Hall–Kier alpha value is -1.31. The molecule has 2 rings (SSSR count). The maximum atomic E-state index is 8.85. The summed E-state index contributed by atoms with van der Waals surface area (Å²) < 4.78 is 0. The third-order valence-electron chi connectivity index (χ3n) is 2.63. The molecular formula is C11H13ClN4. The molecule has 1 aromatic rings. The smallest absolute Gasteiger partial charge is 0.160 e. The number of anilines is 1. The summed E-state index contributed by atoms with van der Waals surface area (Å²) >= 11 is 6.05. The van der Waals surface area contributed by atoms with Gasteiger partial charge in [0.1, 0.15) is 11.1 Å². The summed E-state index contributed by atoms with van der Waals surface area (Å²) in [4.78, 5) is 4.15. The minimum atomic E-state index is 0.399. The van der Waals surface area contributed by atoms with Crippen LogP contribution in [0.1, 0.15) is 24.8 Å². The molecule has 1 saturated heterocycles. The Kier molecular flexibility index (Phi) is 3.60. The lowest BCUT2D eigenvalue weighted by Crippen LogP contribution is -2.35. The molecule has 0 saturated carbocycles. The van der Waals surface area contributed by atoms with E-state index in [-0.39, 0.29) is 0 Å². The highest BCUT2D eigenvalue weighted by atomic mass is 35.5. The van der Waals surface area contributed by atoms with E-state index in [0.717, 1.165) is 13.1 Å². The monoisotopic (exact) mass is 236 g/mol. The fourth-order valence-electron chi connectivity index (χ4n) is 1.76. The van der Waals surface area contributed by atoms with Gasteiger partial charge in [0.2, 0.25) is 0 Å². The molecule has 16 heavy (non-hydrogen) atoms. The molecule has 0 atom stereocenters. The Bertz CT molecular complexity index is 407. The predicted molar refractivity (Wildman–Crippen MR) is 63.0 cm³/mol. The van der Waals surface area contributed by atoms with Crippen molar-refractivity contribution < 1.29 is 0 Å². The zero-order valence-electron chi connectivity index (χ0n) is 8.91. The summed E-state index contributed by atoms with van der Waals surface area (Å²) in [6.07, 6.45) is 5.24. The number of aromatic nitrogens is 1. The summed E-state index contributed by atoms with van der Waals surface area (Å²) in [6.45, 7) is 1.99. The van der Waals surface area contributed by atoms with E-state index in [1.165, 1.54) is 19.3 Å². The van der Waals surface area contributed by atoms with Gasteiger partial charge in [0.05, 0.1) is 5.56 Å². The van der Waals surface area contributed by atoms with E-state index in [0.29, 0.717) is 16.4 Å². The van der Waals surface area contributed by atoms with Gasteiger partial charge in [0.15, 0.2) is 5.82 Å². The van der Waals surface area contributed by atoms with Crippen molar-refractivity contribution in [3.05, 3.63) is 22.8 Å². The van der Waals surface area contributed by atoms with Gasteiger partial charge in [-0.05, 0) is 18.9 Å². The Morgan fingerprint density at radius 1 is 1.38 bits per heavy atom. The average molecular weight is 237 g/mol. The molecule has 4 nitrogen and oxygen atoms in total. The number of hydrazine groups is 1. The quantitative estimate of drug-likeness (QED) is 0.857. The number of nitrogens with zero attached hydrogens (tertiary/aromatic N) is 3. The van der Waals surface area contributed by atoms with E-state index in [1.807, 2.05) is 6.07 Å². The van der Waals surface area contributed by atoms with Crippen LogP contribution in [0, 0.1) is 11.3 Å². The zero-order chi connectivity index (χ0) is 11.4. The SMILES string of the molecule is N#Cc1ccnc(NN2CCCCC2)c1Cl. The molecule has 5 heteroatoms. The fourth-order valence-corrected chi connectivity index (χ4v) is 1.96. The van der Waals surface area contributed by atoms with Gasteiger partial charge in [-0.15, -0.1) is 0 Å². The first-order chi connectivity index (χ1) is 7.81. The van der Waals surface area contributed by atoms with Gasteiger partial charge in [-0.3, -0.25) is 0 Å². The van der Waals surface area contributed by atoms with Crippen LogP contribution in [0.15, 0.2) is 12.3 Å². The van der Waals surface area contributed by atoms with Crippen molar-refractivity contribution in [3.63, 3.8) is 0 Å². The molecule has 0 radical (unpaired) electrons. The molecular weight excluding hydrogens is 224 g/mol. The van der Waals surface area contributed by atoms with Crippen LogP contribution in [0.2, 0.25) is 5.02 Å². The van der Waals surface area contributed by atoms with Crippen molar-refractivity contribution in [1.29, 1.82) is 5.26 Å². The molecule has 0 bridgehead atoms. The van der Waals surface area contributed by atoms with Crippen molar-refractivity contribution in [2.75, 3.05) is 18.5 Å². The second kappa shape index (κ2) is 5.15. The number of hydrogen-bond acceptors (Lipinski definition) is 4. The van der Waals surface area contributed by atoms with Crippen molar-refractivity contribution in [2.24, 2.45) is 0 Å². The van der Waals surface area contributed by atoms with E-state index >= 15 is 0 Å². The lowest BCUT2D eigenvalue weighted by molar-refractivity contribution is 0.272. The molecule has 1 fully saturated rings. The number of rotatable bonds is 2. The summed E-state index contributed by atoms with van der Waals surface area (Å²) in [6, 6.07) is 3.66. The van der Waals surface area contributed by atoms with Gasteiger partial charge < -0.3 is 5.43 Å². The van der Waals surface area contributed by atoms with Crippen LogP contribution in [0.4, 0.5) is 5.82 Å². The summed E-state index contributed by atoms with van der Waals surface area (Å²) in [7, 11) is 0. The maximum Gasteiger partial charge on any atom is 0.160 e. The van der Waals surface area contributed by atoms with E-state index in [4.69, 9.17) is 16.9 Å². The lowest BCUT2D eigenvalue weighted by atomic mass is 10.2. The molecule has 0 aromatic carbocycles. The third-order valence-corrected chi connectivity index (χ3v) is 3.01. The summed E-state index contributed by atoms with van der Waals surface area (Å²) in [5.41, 5.74) is 3.62. The first-order valence-corrected chi connectivity index (χ1v) is 5.75. The van der Waals surface area contributed by atoms with E-state index in [9.17, 15) is 0 Å². The summed E-state index contributed by atoms with van der Waals surface area (Å²) in [5.74, 6) is 0.572. The second-order valence-corrected chi connectivity index (χ2v) is 4.17. The van der Waals surface area contributed by atoms with Gasteiger partial charge in [-0.25, -0.2) is 9.99 Å². The van der Waals surface area contributed by atoms with E-state index in [1.54, 1.807) is 12.3 Å². The fraction of sp³-hybridized carbons (Fsp3) is 0.455. The molecule has 1 N–H and O–H groups in total. The minimum Gasteiger partial charge on any atom is -0.302 e. The largest absolute Gasteiger partial charge is 0.302 e. The third kappa shape index (κ3) is 2.43. The lowest BCUT2D eigenvalue weighted by Gasteiger charge is -2.27. The molecule has 0 amide bonds. The molecule has 84 valence electrons. The average Bonchev–Trinajstić information content (AvgIpc) is 2.33. The van der Waals surface area contributed by atoms with Gasteiger partial charge in [-0.1, -0.05) is 18.0 Å². The number of pyridine rings is 1. The van der Waals surface area contributed by atoms with Crippen LogP contribution in [-0.2, 0) is 0 Å². The Morgan fingerprint density at radius 3 is 2.81 bits per heavy atom. The number of nitriles is 1. The molecule has 1 aromatic heterocycles. The van der Waals surface area contributed by atoms with Crippen LogP contribution in [0.5, 0.6) is 0 Å². The van der Waals surface area contributed by atoms with Crippen molar-refractivity contribution in [3.8, 4) is 6.07 Å². The molecule has 1 aliphatic heterocycles. The first-order valence-electron chi connectivity index (χ1n) is 5.37. The Balaban J connectivity index is 2.12. The Labute approximate surface area is 99.8 Å². The molecule has 0 aliphatic carbocycles. The normalized spacial score (nSPS) is 16.8. The van der Waals surface area contributed by atoms with E-state index < -0.39 is 0 Å². The van der Waals surface area contributed by atoms with Gasteiger partial charge >= 0.3 is 0 Å². The number of piperidine rings is 1. The molecule has 0 spiro atoms. The summed E-state index contributed by atoms with van der Waals surface area (Å²) in [5, 5.41) is 11.3. The maximum absolute atomic E-state index is 8.85. The standard InChI is InChI=1S/C11H13ClN4/c12-10-9(8-13)4-5-14-11(10)15-16-6-2-1-3-7-16/h4-5H,1-3,6-7H2,(H,14,15). The van der Waals surface area contributed by atoms with Crippen molar-refractivity contribution in [1.82, 2.24) is 9.99 Å². The highest BCUT2D eigenvalue weighted by Gasteiger charge is 2.13. The van der Waals surface area contributed by atoms with Gasteiger partial charge in [0, 0.05) is 19.3 Å². The number of halogens is 1. The molecule has 1 aliphatic rings. The van der Waals surface area contributed by atoms with Crippen LogP contribution in [0.25, 0.3) is 0 Å². The van der Waals surface area contributed by atoms with E-state index in [2.05, 4.69) is 15.4 Å². The highest BCUT2D eigenvalue weighted by Crippen LogP contribution is 2.23. The first kappa shape index (κ1) is 11.2. The van der Waals surface area contributed by atoms with Crippen LogP contribution in [0.3, 0.4) is 0 Å². The predicted octanol–water partition coefficient (Wildman–Crippen LogP) is 2.42. The molecule has 2 heterocycles. The van der Waals surface area contributed by atoms with Crippen LogP contribution in [-0.4, -0.2) is 23.1 Å². The van der Waals surface area contributed by atoms with Crippen molar-refractivity contribution in [2.45, 2.75) is 19.3 Å². The Morgan fingerprint density at radius 2 is 2.12 bits per heavy atom. The highest BCUT2D eigenvalue weighted by molar-refractivity contribution is 6.34. The molecule has 0 unspecified atom stereocenters. The minimum absolute atomic E-state index is 0.399. The van der Waals surface area contributed by atoms with Crippen molar-refractivity contribution >= 4 is 17.4 Å². The number of nitrogens with one attached hydrogen (secondary N) is 1. The second-order valence-electron chi connectivity index (χ2n) is 3.79. The number of hydrogen-bond donors (Lipinski definition) is 1. The van der Waals surface area contributed by atoms with Gasteiger partial charge in [-0.2, -0.15) is 5.26 Å².